The van der Waals surface area contributed by atoms with Gasteiger partial charge in [0.25, 0.3) is 0 Å². The van der Waals surface area contributed by atoms with Crippen LogP contribution in [-0.2, 0) is 4.79 Å². The molecule has 3 aromatic rings. The van der Waals surface area contributed by atoms with E-state index in [0.717, 1.165) is 5.56 Å². The van der Waals surface area contributed by atoms with Crippen LogP contribution in [0.2, 0.25) is 10.0 Å². The summed E-state index contributed by atoms with van der Waals surface area (Å²) in [4.78, 5) is 12.2. The average molecular weight is 373 g/mol. The monoisotopic (exact) mass is 372 g/mol. The number of hydrogen-bond donors (Lipinski definition) is 2. The average Bonchev–Trinajstić information content (AvgIpc) is 2.62. The molecule has 25 heavy (non-hydrogen) atoms. The molecule has 0 unspecified atom stereocenters. The maximum Gasteiger partial charge on any atom is 0.238 e. The minimum atomic E-state index is -0.170. The van der Waals surface area contributed by atoms with Crippen molar-refractivity contribution >= 4 is 45.6 Å². The van der Waals surface area contributed by atoms with Gasteiger partial charge in [0.2, 0.25) is 5.91 Å². The van der Waals surface area contributed by atoms with Crippen LogP contribution in [0.1, 0.15) is 18.5 Å². The number of fused-ring (bicyclic) bond motifs is 1. The fourth-order valence-electron chi connectivity index (χ4n) is 2.77. The van der Waals surface area contributed by atoms with E-state index in [-0.39, 0.29) is 18.5 Å². The summed E-state index contributed by atoms with van der Waals surface area (Å²) in [5.74, 6) is -0.170. The standard InChI is InChI=1S/C20H18Cl2N2O/c1-13(16-8-4-6-14-5-2-3-7-17(14)16)23-12-20(25)24-19-11-15(21)9-10-18(19)22/h2-11,13,23H,12H2,1H3,(H,24,25)/t13-/m1/s1. The molecule has 3 rings (SSSR count). The number of carbonyl (C=O) groups is 1. The highest BCUT2D eigenvalue weighted by Gasteiger charge is 2.12. The summed E-state index contributed by atoms with van der Waals surface area (Å²) in [7, 11) is 0. The number of hydrogen-bond acceptors (Lipinski definition) is 2. The normalized spacial score (nSPS) is 12.1. The van der Waals surface area contributed by atoms with Gasteiger partial charge in [-0.05, 0) is 41.5 Å². The molecule has 5 heteroatoms. The van der Waals surface area contributed by atoms with Crippen LogP contribution >= 0.6 is 23.2 Å². The van der Waals surface area contributed by atoms with Gasteiger partial charge >= 0.3 is 0 Å². The number of rotatable bonds is 5. The Morgan fingerprint density at radius 2 is 1.80 bits per heavy atom. The maximum absolute atomic E-state index is 12.2. The molecule has 3 aromatic carbocycles. The van der Waals surface area contributed by atoms with Crippen LogP contribution in [0, 0.1) is 0 Å². The number of benzene rings is 3. The zero-order valence-electron chi connectivity index (χ0n) is 13.7. The van der Waals surface area contributed by atoms with E-state index in [4.69, 9.17) is 23.2 Å². The first-order valence-corrected chi connectivity index (χ1v) is 8.76. The summed E-state index contributed by atoms with van der Waals surface area (Å²) in [6, 6.07) is 19.4. The number of carbonyl (C=O) groups excluding carboxylic acids is 1. The van der Waals surface area contributed by atoms with Crippen molar-refractivity contribution in [2.45, 2.75) is 13.0 Å². The van der Waals surface area contributed by atoms with Crippen LogP contribution in [0.4, 0.5) is 5.69 Å². The fourth-order valence-corrected chi connectivity index (χ4v) is 3.11. The van der Waals surface area contributed by atoms with Crippen molar-refractivity contribution in [1.82, 2.24) is 5.32 Å². The van der Waals surface area contributed by atoms with Gasteiger partial charge in [-0.25, -0.2) is 0 Å². The van der Waals surface area contributed by atoms with Crippen LogP contribution in [0.5, 0.6) is 0 Å². The molecule has 0 aliphatic carbocycles. The molecule has 1 atom stereocenters. The molecule has 1 amide bonds. The second kappa shape index (κ2) is 7.87. The first kappa shape index (κ1) is 17.7. The molecule has 0 aliphatic heterocycles. The Bertz CT molecular complexity index is 906. The molecule has 2 N–H and O–H groups in total. The smallest absolute Gasteiger partial charge is 0.238 e. The molecule has 0 aromatic heterocycles. The lowest BCUT2D eigenvalue weighted by molar-refractivity contribution is -0.115. The first-order valence-electron chi connectivity index (χ1n) is 8.00. The van der Waals surface area contributed by atoms with Crippen molar-refractivity contribution in [1.29, 1.82) is 0 Å². The van der Waals surface area contributed by atoms with Gasteiger partial charge in [-0.15, -0.1) is 0 Å². The minimum Gasteiger partial charge on any atom is -0.324 e. The van der Waals surface area contributed by atoms with Crippen molar-refractivity contribution < 1.29 is 4.79 Å². The predicted octanol–water partition coefficient (Wildman–Crippen LogP) is 5.44. The van der Waals surface area contributed by atoms with E-state index in [1.165, 1.54) is 10.8 Å². The van der Waals surface area contributed by atoms with Gasteiger partial charge in [0.1, 0.15) is 0 Å². The summed E-state index contributed by atoms with van der Waals surface area (Å²) < 4.78 is 0. The van der Waals surface area contributed by atoms with Gasteiger partial charge < -0.3 is 10.6 Å². The summed E-state index contributed by atoms with van der Waals surface area (Å²) >= 11 is 12.0. The van der Waals surface area contributed by atoms with Gasteiger partial charge in [-0.2, -0.15) is 0 Å². The third-order valence-corrected chi connectivity index (χ3v) is 4.63. The van der Waals surface area contributed by atoms with E-state index in [0.29, 0.717) is 15.7 Å². The highest BCUT2D eigenvalue weighted by atomic mass is 35.5. The molecule has 128 valence electrons. The highest BCUT2D eigenvalue weighted by molar-refractivity contribution is 6.35. The number of anilines is 1. The van der Waals surface area contributed by atoms with E-state index in [2.05, 4.69) is 34.9 Å². The second-order valence-electron chi connectivity index (χ2n) is 5.84. The molecule has 0 radical (unpaired) electrons. The molecular formula is C20H18Cl2N2O. The Morgan fingerprint density at radius 3 is 2.64 bits per heavy atom. The second-order valence-corrected chi connectivity index (χ2v) is 6.69. The van der Waals surface area contributed by atoms with Crippen LogP contribution in [-0.4, -0.2) is 12.5 Å². The number of halogens is 2. The van der Waals surface area contributed by atoms with Crippen molar-refractivity contribution in [3.05, 3.63) is 76.3 Å². The number of nitrogens with one attached hydrogen (secondary N) is 2. The van der Waals surface area contributed by atoms with Crippen LogP contribution in [0.3, 0.4) is 0 Å². The zero-order valence-corrected chi connectivity index (χ0v) is 15.2. The minimum absolute atomic E-state index is 0.0340. The van der Waals surface area contributed by atoms with Gasteiger partial charge in [-0.1, -0.05) is 65.7 Å². The van der Waals surface area contributed by atoms with E-state index >= 15 is 0 Å². The van der Waals surface area contributed by atoms with Gasteiger partial charge in [0.05, 0.1) is 17.3 Å². The van der Waals surface area contributed by atoms with Crippen LogP contribution in [0.25, 0.3) is 10.8 Å². The lowest BCUT2D eigenvalue weighted by atomic mass is 10.00. The van der Waals surface area contributed by atoms with Crippen molar-refractivity contribution in [2.24, 2.45) is 0 Å². The van der Waals surface area contributed by atoms with Crippen molar-refractivity contribution in [2.75, 3.05) is 11.9 Å². The van der Waals surface area contributed by atoms with Gasteiger partial charge in [-0.3, -0.25) is 4.79 Å². The van der Waals surface area contributed by atoms with Gasteiger partial charge in [0.15, 0.2) is 0 Å². The Kier molecular flexibility index (Phi) is 5.59. The largest absolute Gasteiger partial charge is 0.324 e. The summed E-state index contributed by atoms with van der Waals surface area (Å²) in [6.45, 7) is 2.22. The molecule has 0 saturated carbocycles. The topological polar surface area (TPSA) is 41.1 Å². The van der Waals surface area contributed by atoms with E-state index in [1.807, 2.05) is 25.1 Å². The zero-order chi connectivity index (χ0) is 17.8. The Labute approximate surface area is 156 Å². The predicted molar refractivity (Wildman–Crippen MR) is 105 cm³/mol. The molecule has 0 heterocycles. The third-order valence-electron chi connectivity index (χ3n) is 4.06. The molecule has 0 spiro atoms. The van der Waals surface area contributed by atoms with Crippen LogP contribution in [0.15, 0.2) is 60.7 Å². The summed E-state index contributed by atoms with van der Waals surface area (Å²) in [5.41, 5.74) is 1.67. The Balaban J connectivity index is 1.66. The molecule has 0 fully saturated rings. The lowest BCUT2D eigenvalue weighted by Gasteiger charge is -2.16. The molecule has 0 saturated heterocycles. The first-order chi connectivity index (χ1) is 12.0. The Hall–Kier alpha value is -2.07. The quantitative estimate of drug-likeness (QED) is 0.626. The number of amides is 1. The SMILES string of the molecule is C[C@@H](NCC(=O)Nc1cc(Cl)ccc1Cl)c1cccc2ccccc12. The maximum atomic E-state index is 12.2. The Morgan fingerprint density at radius 1 is 1.04 bits per heavy atom. The molecule has 0 aliphatic rings. The summed E-state index contributed by atoms with van der Waals surface area (Å²) in [5, 5.41) is 9.38. The highest BCUT2D eigenvalue weighted by Crippen LogP contribution is 2.26. The van der Waals surface area contributed by atoms with E-state index in [1.54, 1.807) is 18.2 Å². The van der Waals surface area contributed by atoms with Crippen LogP contribution < -0.4 is 10.6 Å². The summed E-state index contributed by atoms with van der Waals surface area (Å²) in [6.07, 6.45) is 0. The molecule has 0 bridgehead atoms. The molecular weight excluding hydrogens is 355 g/mol. The lowest BCUT2D eigenvalue weighted by Crippen LogP contribution is -2.30. The van der Waals surface area contributed by atoms with E-state index < -0.39 is 0 Å². The van der Waals surface area contributed by atoms with E-state index in [9.17, 15) is 4.79 Å². The van der Waals surface area contributed by atoms with Crippen molar-refractivity contribution in [3.63, 3.8) is 0 Å². The fraction of sp³-hybridized carbons (Fsp3) is 0.150. The van der Waals surface area contributed by atoms with Gasteiger partial charge in [0, 0.05) is 11.1 Å². The third kappa shape index (κ3) is 4.31. The van der Waals surface area contributed by atoms with Crippen molar-refractivity contribution in [3.8, 4) is 0 Å². The molecule has 3 nitrogen and oxygen atoms in total.